The highest BCUT2D eigenvalue weighted by Crippen LogP contribution is 2.33. The van der Waals surface area contributed by atoms with E-state index in [0.717, 1.165) is 83.5 Å². The molecule has 3 heterocycles. The van der Waals surface area contributed by atoms with Gasteiger partial charge in [0.15, 0.2) is 18.9 Å². The van der Waals surface area contributed by atoms with Gasteiger partial charge in [0, 0.05) is 6.42 Å². The largest absolute Gasteiger partial charge is 0.394 e. The molecule has 17 unspecified atom stereocenters. The standard InChI is InChI=1S/C83H143NO18/c1-3-5-7-9-11-13-15-17-19-21-23-24-25-26-27-28-29-30-31-32-33-34-35-36-37-38-39-40-41-42-43-45-47-49-51-53-55-57-59-61-71(89)84-66(67(88)60-58-56-54-52-50-48-46-44-22-20-18-16-14-12-10-8-6-4-2)65-97-81-77(95)74(92)79(69(63-86)99-81)102-83-78(96)75(93)80(70(64-87)100-83)101-82-76(94)73(91)72(90)68(62-85)98-82/h5,7,11,13,17,19,23-24,26-27,29-30,32-33,50,52,58,60,66-70,72-83,85-88,90-96H,3-4,6,8-10,12,14-16,18,20-22,25,28,31,34-49,51,53-57,59,61-65H2,1-2H3,(H,84,89)/b7-5-,13-11-,19-17-,24-23-,27-26-,30-29-,33-32-,52-50+,60-58+. The lowest BCUT2D eigenvalue weighted by atomic mass is 9.96. The first-order valence-electron chi connectivity index (χ1n) is 40.1. The Balaban J connectivity index is 1.33. The fourth-order valence-electron chi connectivity index (χ4n) is 12.9. The van der Waals surface area contributed by atoms with Crippen LogP contribution in [0.2, 0.25) is 0 Å². The van der Waals surface area contributed by atoms with Crippen molar-refractivity contribution in [1.82, 2.24) is 5.32 Å². The van der Waals surface area contributed by atoms with Gasteiger partial charge in [-0.25, -0.2) is 0 Å². The molecule has 588 valence electrons. The van der Waals surface area contributed by atoms with Crippen molar-refractivity contribution < 1.29 is 89.4 Å². The number of aliphatic hydroxyl groups excluding tert-OH is 11. The third kappa shape index (κ3) is 42.1. The zero-order valence-corrected chi connectivity index (χ0v) is 62.8. The molecule has 102 heavy (non-hydrogen) atoms. The van der Waals surface area contributed by atoms with E-state index >= 15 is 0 Å². The second-order valence-electron chi connectivity index (χ2n) is 28.1. The summed E-state index contributed by atoms with van der Waals surface area (Å²) in [6, 6.07) is -0.995. The molecule has 3 saturated heterocycles. The van der Waals surface area contributed by atoms with Crippen molar-refractivity contribution >= 4 is 5.91 Å². The van der Waals surface area contributed by atoms with Crippen molar-refractivity contribution in [3.8, 4) is 0 Å². The van der Waals surface area contributed by atoms with Crippen molar-refractivity contribution in [1.29, 1.82) is 0 Å². The Morgan fingerprint density at radius 2 is 0.686 bits per heavy atom. The molecule has 0 aromatic heterocycles. The van der Waals surface area contributed by atoms with E-state index in [0.29, 0.717) is 12.8 Å². The number of amides is 1. The van der Waals surface area contributed by atoms with Gasteiger partial charge in [-0.1, -0.05) is 290 Å². The topological polar surface area (TPSA) is 307 Å². The van der Waals surface area contributed by atoms with E-state index in [1.54, 1.807) is 6.08 Å². The van der Waals surface area contributed by atoms with E-state index in [1.807, 2.05) is 6.08 Å². The molecule has 0 saturated carbocycles. The number of carbonyl (C=O) groups excluding carboxylic acids is 1. The summed E-state index contributed by atoms with van der Waals surface area (Å²) in [6.07, 6.45) is 59.4. The maximum absolute atomic E-state index is 13.5. The number of hydrogen-bond donors (Lipinski definition) is 12. The first kappa shape index (κ1) is 92.7. The number of ether oxygens (including phenoxy) is 6. The SMILES string of the molecule is CC/C=C\C/C=C\C/C=C\C/C=C\C/C=C\C/C=C\C/C=C\CCCCCCCCCCCCCCCCCCCC(=O)NC(COC1OC(CO)C(OC2OC(CO)C(OC3OC(CO)C(O)C(O)C3O)C(O)C2O)C(O)C1O)C(O)/C=C/CC/C=C/CCCCCCCCCCCCCC. The lowest BCUT2D eigenvalue weighted by Crippen LogP contribution is -2.66. The Bertz CT molecular complexity index is 2270. The molecule has 3 fully saturated rings. The molecule has 3 aliphatic rings. The number of hydrogen-bond acceptors (Lipinski definition) is 18. The molecule has 0 radical (unpaired) electrons. The molecule has 0 aliphatic carbocycles. The summed E-state index contributed by atoms with van der Waals surface area (Å²) in [5.41, 5.74) is 0. The van der Waals surface area contributed by atoms with Gasteiger partial charge in [-0.15, -0.1) is 0 Å². The van der Waals surface area contributed by atoms with Gasteiger partial charge in [-0.2, -0.15) is 0 Å². The van der Waals surface area contributed by atoms with Gasteiger partial charge < -0.3 is 89.9 Å². The van der Waals surface area contributed by atoms with Crippen LogP contribution < -0.4 is 5.32 Å². The summed E-state index contributed by atoms with van der Waals surface area (Å²) < 4.78 is 34.4. The van der Waals surface area contributed by atoms with Crippen LogP contribution in [0.15, 0.2) is 109 Å². The Labute approximate surface area is 615 Å². The van der Waals surface area contributed by atoms with E-state index in [9.17, 15) is 61.0 Å². The third-order valence-corrected chi connectivity index (χ3v) is 19.3. The molecular weight excluding hydrogens is 1300 g/mol. The summed E-state index contributed by atoms with van der Waals surface area (Å²) in [5.74, 6) is -0.286. The van der Waals surface area contributed by atoms with Gasteiger partial charge in [-0.05, 0) is 89.9 Å². The van der Waals surface area contributed by atoms with E-state index in [4.69, 9.17) is 28.4 Å². The van der Waals surface area contributed by atoms with E-state index in [1.165, 1.54) is 161 Å². The monoisotopic (exact) mass is 1440 g/mol. The molecule has 3 aliphatic heterocycles. The van der Waals surface area contributed by atoms with E-state index in [-0.39, 0.29) is 18.9 Å². The lowest BCUT2D eigenvalue weighted by Gasteiger charge is -2.48. The van der Waals surface area contributed by atoms with Gasteiger partial charge >= 0.3 is 0 Å². The minimum Gasteiger partial charge on any atom is -0.394 e. The highest BCUT2D eigenvalue weighted by atomic mass is 16.8. The molecule has 1 amide bonds. The van der Waals surface area contributed by atoms with Crippen LogP contribution in [0.1, 0.15) is 277 Å². The van der Waals surface area contributed by atoms with Crippen LogP contribution in [0.5, 0.6) is 0 Å². The molecule has 19 nitrogen and oxygen atoms in total. The average molecular weight is 1440 g/mol. The van der Waals surface area contributed by atoms with Crippen molar-refractivity contribution in [3.63, 3.8) is 0 Å². The Hall–Kier alpha value is -3.55. The molecule has 0 spiro atoms. The van der Waals surface area contributed by atoms with Crippen LogP contribution in [0.25, 0.3) is 0 Å². The number of carbonyl (C=O) groups is 1. The van der Waals surface area contributed by atoms with Gasteiger partial charge in [0.05, 0.1) is 38.6 Å². The summed E-state index contributed by atoms with van der Waals surface area (Å²) in [7, 11) is 0. The molecule has 19 heteroatoms. The normalized spacial score (nSPS) is 26.8. The second kappa shape index (κ2) is 62.5. The predicted molar refractivity (Wildman–Crippen MR) is 406 cm³/mol. The highest BCUT2D eigenvalue weighted by Gasteiger charge is 2.54. The summed E-state index contributed by atoms with van der Waals surface area (Å²) in [4.78, 5) is 13.5. The van der Waals surface area contributed by atoms with Crippen molar-refractivity contribution in [3.05, 3.63) is 109 Å². The van der Waals surface area contributed by atoms with E-state index < -0.39 is 124 Å². The molecule has 0 bridgehead atoms. The first-order valence-corrected chi connectivity index (χ1v) is 40.1. The third-order valence-electron chi connectivity index (χ3n) is 19.3. The second-order valence-corrected chi connectivity index (χ2v) is 28.1. The van der Waals surface area contributed by atoms with E-state index in [2.05, 4.69) is 116 Å². The first-order chi connectivity index (χ1) is 49.8. The van der Waals surface area contributed by atoms with Crippen LogP contribution in [-0.4, -0.2) is 193 Å². The summed E-state index contributed by atoms with van der Waals surface area (Å²) >= 11 is 0. The summed E-state index contributed by atoms with van der Waals surface area (Å²) in [6.45, 7) is 1.61. The number of allylic oxidation sites excluding steroid dienone is 17. The molecule has 0 aromatic carbocycles. The molecular formula is C83H143NO18. The zero-order chi connectivity index (χ0) is 73.9. The van der Waals surface area contributed by atoms with Gasteiger partial charge in [0.1, 0.15) is 73.2 Å². The average Bonchev–Trinajstić information content (AvgIpc) is 0.781. The Morgan fingerprint density at radius 3 is 1.10 bits per heavy atom. The number of unbranched alkanes of at least 4 members (excludes halogenated alkanes) is 30. The zero-order valence-electron chi connectivity index (χ0n) is 62.8. The molecule has 17 atom stereocenters. The fourth-order valence-corrected chi connectivity index (χ4v) is 12.9. The molecule has 0 aromatic rings. The van der Waals surface area contributed by atoms with Crippen LogP contribution in [0.4, 0.5) is 0 Å². The lowest BCUT2D eigenvalue weighted by molar-refractivity contribution is -0.379. The van der Waals surface area contributed by atoms with Crippen LogP contribution in [-0.2, 0) is 33.2 Å². The highest BCUT2D eigenvalue weighted by molar-refractivity contribution is 5.76. The Kier molecular flexibility index (Phi) is 56.8. The molecule has 12 N–H and O–H groups in total. The molecule has 3 rings (SSSR count). The fraction of sp³-hybridized carbons (Fsp3) is 0.771. The smallest absolute Gasteiger partial charge is 0.220 e. The predicted octanol–water partition coefficient (Wildman–Crippen LogP) is 13.3. The number of nitrogens with one attached hydrogen (secondary N) is 1. The number of rotatable bonds is 62. The van der Waals surface area contributed by atoms with Crippen molar-refractivity contribution in [2.75, 3.05) is 26.4 Å². The van der Waals surface area contributed by atoms with Gasteiger partial charge in [0.2, 0.25) is 5.91 Å². The minimum absolute atomic E-state index is 0.232. The van der Waals surface area contributed by atoms with Crippen LogP contribution in [0, 0.1) is 0 Å². The van der Waals surface area contributed by atoms with Crippen molar-refractivity contribution in [2.24, 2.45) is 0 Å². The van der Waals surface area contributed by atoms with Gasteiger partial charge in [-0.3, -0.25) is 4.79 Å². The Morgan fingerprint density at radius 1 is 0.363 bits per heavy atom. The maximum Gasteiger partial charge on any atom is 0.220 e. The minimum atomic E-state index is -1.98. The van der Waals surface area contributed by atoms with Crippen LogP contribution >= 0.6 is 0 Å². The quantitative estimate of drug-likeness (QED) is 0.0199. The maximum atomic E-state index is 13.5. The summed E-state index contributed by atoms with van der Waals surface area (Å²) in [5, 5.41) is 121. The van der Waals surface area contributed by atoms with Gasteiger partial charge in [0.25, 0.3) is 0 Å². The van der Waals surface area contributed by atoms with Crippen LogP contribution in [0.3, 0.4) is 0 Å². The van der Waals surface area contributed by atoms with Crippen molar-refractivity contribution in [2.45, 2.75) is 381 Å². The number of aliphatic hydroxyl groups is 11.